The van der Waals surface area contributed by atoms with Crippen LogP contribution in [0.4, 0.5) is 0 Å². The number of benzene rings is 8. The molecule has 0 aliphatic carbocycles. The standard InChI is InChI=1S/C47H29N3O/c1-3-14-30(15-4-1)43-37-21-7-9-23-39(37)44(40-24-10-8-22-38(40)43)32-18-13-19-33(28-32)46-48-45(31-16-5-2-6-17-31)49-47(50-46)34-26-27-36-35-20-11-12-25-41(35)51-42(36)29-34/h1-29H. The molecule has 0 fully saturated rings. The smallest absolute Gasteiger partial charge is 0.164 e. The Morgan fingerprint density at radius 3 is 1.33 bits per heavy atom. The van der Waals surface area contributed by atoms with Gasteiger partial charge in [-0.25, -0.2) is 15.0 Å². The zero-order valence-corrected chi connectivity index (χ0v) is 27.5. The number of furan rings is 1. The maximum Gasteiger partial charge on any atom is 0.164 e. The summed E-state index contributed by atoms with van der Waals surface area (Å²) in [6.45, 7) is 0. The summed E-state index contributed by atoms with van der Waals surface area (Å²) in [7, 11) is 0. The van der Waals surface area contributed by atoms with E-state index < -0.39 is 0 Å². The molecule has 0 radical (unpaired) electrons. The van der Waals surface area contributed by atoms with E-state index in [1.807, 2.05) is 54.6 Å². The summed E-state index contributed by atoms with van der Waals surface area (Å²) in [5, 5.41) is 7.00. The van der Waals surface area contributed by atoms with Gasteiger partial charge < -0.3 is 4.42 Å². The van der Waals surface area contributed by atoms with Crippen LogP contribution in [-0.2, 0) is 0 Å². The van der Waals surface area contributed by atoms with Crippen molar-refractivity contribution in [2.45, 2.75) is 0 Å². The lowest BCUT2D eigenvalue weighted by atomic mass is 9.86. The second-order valence-corrected chi connectivity index (χ2v) is 12.8. The number of hydrogen-bond acceptors (Lipinski definition) is 4. The number of nitrogens with zero attached hydrogens (tertiary/aromatic N) is 3. The van der Waals surface area contributed by atoms with Crippen molar-refractivity contribution in [3.63, 3.8) is 0 Å². The molecule has 10 aromatic rings. The molecule has 0 amide bonds. The molecule has 51 heavy (non-hydrogen) atoms. The van der Waals surface area contributed by atoms with E-state index in [1.165, 1.54) is 38.2 Å². The third-order valence-corrected chi connectivity index (χ3v) is 9.71. The van der Waals surface area contributed by atoms with Crippen molar-refractivity contribution in [2.75, 3.05) is 0 Å². The van der Waals surface area contributed by atoms with E-state index >= 15 is 0 Å². The van der Waals surface area contributed by atoms with E-state index in [4.69, 9.17) is 19.4 Å². The monoisotopic (exact) mass is 651 g/mol. The molecule has 238 valence electrons. The average Bonchev–Trinajstić information content (AvgIpc) is 3.58. The minimum atomic E-state index is 0.592. The maximum atomic E-state index is 6.24. The largest absolute Gasteiger partial charge is 0.456 e. The molecular weight excluding hydrogens is 623 g/mol. The van der Waals surface area contributed by atoms with Gasteiger partial charge in [0.25, 0.3) is 0 Å². The lowest BCUT2D eigenvalue weighted by molar-refractivity contribution is 0.669. The molecule has 4 nitrogen and oxygen atoms in total. The first-order valence-electron chi connectivity index (χ1n) is 17.1. The molecule has 0 N–H and O–H groups in total. The predicted molar refractivity (Wildman–Crippen MR) is 209 cm³/mol. The molecule has 2 aromatic heterocycles. The first kappa shape index (κ1) is 29.0. The van der Waals surface area contributed by atoms with Crippen LogP contribution in [0.2, 0.25) is 0 Å². The van der Waals surface area contributed by atoms with E-state index in [0.717, 1.165) is 44.2 Å². The normalized spacial score (nSPS) is 11.5. The molecule has 0 saturated carbocycles. The van der Waals surface area contributed by atoms with E-state index in [0.29, 0.717) is 17.5 Å². The van der Waals surface area contributed by atoms with Gasteiger partial charge in [0, 0.05) is 27.5 Å². The zero-order valence-electron chi connectivity index (χ0n) is 27.5. The van der Waals surface area contributed by atoms with Gasteiger partial charge in [0.2, 0.25) is 0 Å². The molecule has 4 heteroatoms. The van der Waals surface area contributed by atoms with Crippen LogP contribution in [0, 0.1) is 0 Å². The number of rotatable bonds is 5. The summed E-state index contributed by atoms with van der Waals surface area (Å²) >= 11 is 0. The highest BCUT2D eigenvalue weighted by molar-refractivity contribution is 6.21. The van der Waals surface area contributed by atoms with Gasteiger partial charge in [0.15, 0.2) is 17.5 Å². The molecule has 2 heterocycles. The van der Waals surface area contributed by atoms with Crippen LogP contribution < -0.4 is 0 Å². The Bertz CT molecular complexity index is 2860. The minimum absolute atomic E-state index is 0.592. The van der Waals surface area contributed by atoms with Crippen LogP contribution >= 0.6 is 0 Å². The van der Waals surface area contributed by atoms with Crippen LogP contribution in [0.3, 0.4) is 0 Å². The zero-order chi connectivity index (χ0) is 33.7. The van der Waals surface area contributed by atoms with Crippen LogP contribution in [-0.4, -0.2) is 15.0 Å². The summed E-state index contributed by atoms with van der Waals surface area (Å²) in [4.78, 5) is 15.2. The van der Waals surface area contributed by atoms with E-state index in [1.54, 1.807) is 0 Å². The third-order valence-electron chi connectivity index (χ3n) is 9.71. The first-order valence-corrected chi connectivity index (χ1v) is 17.1. The lowest BCUT2D eigenvalue weighted by Crippen LogP contribution is -2.00. The van der Waals surface area contributed by atoms with Crippen LogP contribution in [0.1, 0.15) is 0 Å². The fourth-order valence-electron chi connectivity index (χ4n) is 7.38. The molecule has 0 unspecified atom stereocenters. The Hall–Kier alpha value is -6.91. The van der Waals surface area contributed by atoms with Crippen molar-refractivity contribution in [3.05, 3.63) is 176 Å². The predicted octanol–water partition coefficient (Wildman–Crippen LogP) is 12.4. The molecule has 0 bridgehead atoms. The number of para-hydroxylation sites is 1. The lowest BCUT2D eigenvalue weighted by Gasteiger charge is -2.18. The number of fused-ring (bicyclic) bond motifs is 5. The van der Waals surface area contributed by atoms with Crippen molar-refractivity contribution in [3.8, 4) is 56.4 Å². The summed E-state index contributed by atoms with van der Waals surface area (Å²) in [5.41, 5.74) is 9.12. The highest BCUT2D eigenvalue weighted by atomic mass is 16.3. The first-order chi connectivity index (χ1) is 25.3. The molecule has 0 atom stereocenters. The van der Waals surface area contributed by atoms with Gasteiger partial charge >= 0.3 is 0 Å². The maximum absolute atomic E-state index is 6.24. The van der Waals surface area contributed by atoms with Crippen molar-refractivity contribution in [1.29, 1.82) is 0 Å². The molecule has 0 aliphatic rings. The third kappa shape index (κ3) is 4.96. The van der Waals surface area contributed by atoms with Gasteiger partial charge in [-0.3, -0.25) is 0 Å². The summed E-state index contributed by atoms with van der Waals surface area (Å²) < 4.78 is 6.24. The van der Waals surface area contributed by atoms with Crippen LogP contribution in [0.15, 0.2) is 180 Å². The van der Waals surface area contributed by atoms with E-state index in [-0.39, 0.29) is 0 Å². The SMILES string of the molecule is c1ccc(-c2nc(-c3cccc(-c4c5ccccc5c(-c5ccccc5)c5ccccc45)c3)nc(-c3ccc4c(c3)oc3ccccc34)n2)cc1. The quantitative estimate of drug-likeness (QED) is 0.174. The topological polar surface area (TPSA) is 51.8 Å². The highest BCUT2D eigenvalue weighted by Gasteiger charge is 2.18. The highest BCUT2D eigenvalue weighted by Crippen LogP contribution is 2.44. The summed E-state index contributed by atoms with van der Waals surface area (Å²) in [6.07, 6.45) is 0. The van der Waals surface area contributed by atoms with Crippen molar-refractivity contribution in [1.82, 2.24) is 15.0 Å². The van der Waals surface area contributed by atoms with Crippen molar-refractivity contribution < 1.29 is 4.42 Å². The van der Waals surface area contributed by atoms with Gasteiger partial charge in [-0.1, -0.05) is 152 Å². The Kier molecular flexibility index (Phi) is 6.78. The second-order valence-electron chi connectivity index (χ2n) is 12.8. The fourth-order valence-corrected chi connectivity index (χ4v) is 7.38. The number of hydrogen-bond donors (Lipinski definition) is 0. The molecule has 0 spiro atoms. The minimum Gasteiger partial charge on any atom is -0.456 e. The molecular formula is C47H29N3O. The van der Waals surface area contributed by atoms with E-state index in [2.05, 4.69) is 121 Å². The second kappa shape index (κ2) is 11.9. The molecule has 8 aromatic carbocycles. The summed E-state index contributed by atoms with van der Waals surface area (Å²) in [5.74, 6) is 1.82. The number of aromatic nitrogens is 3. The Morgan fingerprint density at radius 1 is 0.275 bits per heavy atom. The van der Waals surface area contributed by atoms with Gasteiger partial charge in [0.1, 0.15) is 11.2 Å². The van der Waals surface area contributed by atoms with E-state index in [9.17, 15) is 0 Å². The van der Waals surface area contributed by atoms with Gasteiger partial charge in [0.05, 0.1) is 0 Å². The molecule has 10 rings (SSSR count). The van der Waals surface area contributed by atoms with Gasteiger partial charge in [-0.05, 0) is 68.1 Å². The van der Waals surface area contributed by atoms with Crippen LogP contribution in [0.5, 0.6) is 0 Å². The van der Waals surface area contributed by atoms with Crippen molar-refractivity contribution >= 4 is 43.5 Å². The van der Waals surface area contributed by atoms with Gasteiger partial charge in [-0.15, -0.1) is 0 Å². The van der Waals surface area contributed by atoms with Gasteiger partial charge in [-0.2, -0.15) is 0 Å². The average molecular weight is 652 g/mol. The molecule has 0 aliphatic heterocycles. The Balaban J connectivity index is 1.17. The van der Waals surface area contributed by atoms with Crippen molar-refractivity contribution in [2.24, 2.45) is 0 Å². The van der Waals surface area contributed by atoms with Crippen LogP contribution in [0.25, 0.3) is 99.9 Å². The Labute approximate surface area is 294 Å². The summed E-state index contributed by atoms with van der Waals surface area (Å²) in [6, 6.07) is 61.1. The Morgan fingerprint density at radius 2 is 0.706 bits per heavy atom. The molecule has 0 saturated heterocycles. The fraction of sp³-hybridized carbons (Fsp3) is 0.